The number of rotatable bonds is 5. The maximum atomic E-state index is 12.0. The molecule has 30 heavy (non-hydrogen) atoms. The third-order valence-corrected chi connectivity index (χ3v) is 3.98. The van der Waals surface area contributed by atoms with Gasteiger partial charge in [-0.15, -0.1) is 5.10 Å². The third kappa shape index (κ3) is 7.62. The highest BCUT2D eigenvalue weighted by Gasteiger charge is 2.38. The Balaban J connectivity index is 0.000000396. The van der Waals surface area contributed by atoms with Crippen LogP contribution in [0, 0.1) is 0 Å². The fourth-order valence-electron chi connectivity index (χ4n) is 2.04. The van der Waals surface area contributed by atoms with Gasteiger partial charge in [0.05, 0.1) is 24.8 Å². The van der Waals surface area contributed by atoms with Crippen molar-refractivity contribution in [1.82, 2.24) is 25.3 Å². The molecule has 1 amide bonds. The lowest BCUT2D eigenvalue weighted by atomic mass is 10.1. The minimum absolute atomic E-state index is 0.0502. The number of halogens is 4. The molecule has 0 fully saturated rings. The number of pyridine rings is 1. The molecule has 0 spiro atoms. The molecule has 0 saturated heterocycles. The van der Waals surface area contributed by atoms with E-state index >= 15 is 0 Å². The number of carboxylic acid groups (broad SMARTS) is 1. The van der Waals surface area contributed by atoms with Crippen LogP contribution in [0.25, 0.3) is 5.69 Å². The minimum Gasteiger partial charge on any atom is -0.475 e. The number of nitrogens with zero attached hydrogens (tertiary/aromatic N) is 4. The number of benzene rings is 1. The van der Waals surface area contributed by atoms with Crippen LogP contribution >= 0.6 is 15.9 Å². The van der Waals surface area contributed by atoms with Crippen molar-refractivity contribution in [3.05, 3.63) is 70.7 Å². The number of hydrogen-bond donors (Lipinski definition) is 2. The predicted molar refractivity (Wildman–Crippen MR) is 103 cm³/mol. The number of alkyl halides is 3. The highest BCUT2D eigenvalue weighted by atomic mass is 79.9. The van der Waals surface area contributed by atoms with E-state index in [1.54, 1.807) is 23.3 Å². The van der Waals surface area contributed by atoms with Gasteiger partial charge in [-0.3, -0.25) is 9.78 Å². The summed E-state index contributed by atoms with van der Waals surface area (Å²) < 4.78 is 34.4. The SMILES string of the molecule is O=C(Cc1ccc(Br)cc1)NCc1cn(-c2ccncc2)nn1.O=C(O)C(F)(F)F. The van der Waals surface area contributed by atoms with Gasteiger partial charge in [-0.25, -0.2) is 9.48 Å². The van der Waals surface area contributed by atoms with Gasteiger partial charge in [-0.2, -0.15) is 13.2 Å². The first kappa shape index (κ1) is 23.0. The Kier molecular flexibility index (Phi) is 8.04. The maximum Gasteiger partial charge on any atom is 0.490 e. The largest absolute Gasteiger partial charge is 0.490 e. The second kappa shape index (κ2) is 10.5. The van der Waals surface area contributed by atoms with Crippen molar-refractivity contribution in [2.24, 2.45) is 0 Å². The fourth-order valence-corrected chi connectivity index (χ4v) is 2.31. The summed E-state index contributed by atoms with van der Waals surface area (Å²) in [5.41, 5.74) is 2.54. The lowest BCUT2D eigenvalue weighted by Crippen LogP contribution is -2.24. The van der Waals surface area contributed by atoms with Crippen LogP contribution in [0.5, 0.6) is 0 Å². The molecule has 2 aromatic heterocycles. The molecule has 0 aliphatic rings. The van der Waals surface area contributed by atoms with Crippen LogP contribution in [-0.2, 0) is 22.6 Å². The van der Waals surface area contributed by atoms with Crippen molar-refractivity contribution >= 4 is 27.8 Å². The Morgan fingerprint density at radius 3 is 2.27 bits per heavy atom. The molecule has 12 heteroatoms. The monoisotopic (exact) mass is 485 g/mol. The molecule has 3 rings (SSSR count). The minimum atomic E-state index is -5.08. The summed E-state index contributed by atoms with van der Waals surface area (Å²) in [6.07, 6.45) is 0.425. The fraction of sp³-hybridized carbons (Fsp3) is 0.167. The molecule has 0 bridgehead atoms. The van der Waals surface area contributed by atoms with Crippen LogP contribution in [0.4, 0.5) is 13.2 Å². The van der Waals surface area contributed by atoms with Gasteiger partial charge in [0, 0.05) is 16.9 Å². The smallest absolute Gasteiger partial charge is 0.475 e. The first-order chi connectivity index (χ1) is 14.1. The quantitative estimate of drug-likeness (QED) is 0.574. The lowest BCUT2D eigenvalue weighted by Gasteiger charge is -2.03. The highest BCUT2D eigenvalue weighted by molar-refractivity contribution is 9.10. The van der Waals surface area contributed by atoms with Crippen LogP contribution in [0.1, 0.15) is 11.3 Å². The number of hydrogen-bond acceptors (Lipinski definition) is 5. The number of amides is 1. The molecule has 0 aliphatic carbocycles. The number of aliphatic carboxylic acids is 1. The van der Waals surface area contributed by atoms with E-state index in [-0.39, 0.29) is 5.91 Å². The number of carbonyl (C=O) groups excluding carboxylic acids is 1. The molecule has 158 valence electrons. The Hall–Kier alpha value is -3.28. The van der Waals surface area contributed by atoms with E-state index in [0.29, 0.717) is 18.7 Å². The van der Waals surface area contributed by atoms with E-state index < -0.39 is 12.1 Å². The molecule has 2 N–H and O–H groups in total. The van der Waals surface area contributed by atoms with Gasteiger partial charge in [0.2, 0.25) is 5.91 Å². The first-order valence-corrected chi connectivity index (χ1v) is 9.07. The van der Waals surface area contributed by atoms with Crippen molar-refractivity contribution in [3.8, 4) is 5.69 Å². The summed E-state index contributed by atoms with van der Waals surface area (Å²) in [6.45, 7) is 0.348. The summed E-state index contributed by atoms with van der Waals surface area (Å²) in [7, 11) is 0. The molecule has 0 aliphatic heterocycles. The standard InChI is InChI=1S/C16H14BrN5O.C2HF3O2/c17-13-3-1-12(2-4-13)9-16(23)19-10-14-11-22(21-20-14)15-5-7-18-8-6-15;3-2(4,5)1(6)7/h1-8,11H,9-10H2,(H,19,23);(H,6,7). The maximum absolute atomic E-state index is 12.0. The zero-order chi connectivity index (χ0) is 22.1. The Morgan fingerprint density at radius 2 is 1.70 bits per heavy atom. The number of nitrogens with one attached hydrogen (secondary N) is 1. The van der Waals surface area contributed by atoms with E-state index in [1.165, 1.54) is 0 Å². The average molecular weight is 486 g/mol. The van der Waals surface area contributed by atoms with Gasteiger partial charge in [-0.05, 0) is 29.8 Å². The molecule has 1 aromatic carbocycles. The van der Waals surface area contributed by atoms with Gasteiger partial charge in [-0.1, -0.05) is 33.3 Å². The molecule has 0 radical (unpaired) electrons. The van der Waals surface area contributed by atoms with Gasteiger partial charge in [0.1, 0.15) is 5.69 Å². The predicted octanol–water partition coefficient (Wildman–Crippen LogP) is 2.92. The summed E-state index contributed by atoms with van der Waals surface area (Å²) in [6, 6.07) is 11.4. The lowest BCUT2D eigenvalue weighted by molar-refractivity contribution is -0.192. The van der Waals surface area contributed by atoms with E-state index in [1.807, 2.05) is 36.4 Å². The van der Waals surface area contributed by atoms with Crippen molar-refractivity contribution in [3.63, 3.8) is 0 Å². The highest BCUT2D eigenvalue weighted by Crippen LogP contribution is 2.13. The van der Waals surface area contributed by atoms with E-state index in [2.05, 4.69) is 36.5 Å². The normalized spacial score (nSPS) is 10.7. The second-order valence-corrected chi connectivity index (χ2v) is 6.66. The Bertz CT molecular complexity index is 979. The number of aromatic nitrogens is 4. The average Bonchev–Trinajstić information content (AvgIpc) is 3.18. The molecule has 2 heterocycles. The molecule has 0 saturated carbocycles. The Labute approximate surface area is 176 Å². The summed E-state index contributed by atoms with van der Waals surface area (Å²) >= 11 is 3.37. The van der Waals surface area contributed by atoms with E-state index in [4.69, 9.17) is 9.90 Å². The first-order valence-electron chi connectivity index (χ1n) is 8.28. The van der Waals surface area contributed by atoms with Gasteiger partial charge in [0.25, 0.3) is 0 Å². The van der Waals surface area contributed by atoms with Crippen LogP contribution in [0.3, 0.4) is 0 Å². The van der Waals surface area contributed by atoms with Crippen LogP contribution in [0.2, 0.25) is 0 Å². The van der Waals surface area contributed by atoms with E-state index in [9.17, 15) is 18.0 Å². The van der Waals surface area contributed by atoms with Crippen molar-refractivity contribution < 1.29 is 27.9 Å². The molecule has 3 aromatic rings. The zero-order valence-electron chi connectivity index (χ0n) is 15.2. The summed E-state index contributed by atoms with van der Waals surface area (Å²) in [4.78, 5) is 24.8. The molecule has 8 nitrogen and oxygen atoms in total. The zero-order valence-corrected chi connectivity index (χ0v) is 16.8. The molecular weight excluding hydrogens is 471 g/mol. The van der Waals surface area contributed by atoms with Gasteiger partial charge < -0.3 is 10.4 Å². The van der Waals surface area contributed by atoms with Crippen molar-refractivity contribution in [2.45, 2.75) is 19.1 Å². The van der Waals surface area contributed by atoms with E-state index in [0.717, 1.165) is 15.7 Å². The summed E-state index contributed by atoms with van der Waals surface area (Å²) in [5, 5.41) is 18.1. The second-order valence-electron chi connectivity index (χ2n) is 5.74. The van der Waals surface area contributed by atoms with Crippen LogP contribution in [-0.4, -0.2) is 43.1 Å². The van der Waals surface area contributed by atoms with Gasteiger partial charge >= 0.3 is 12.1 Å². The number of carboxylic acids is 1. The topological polar surface area (TPSA) is 110 Å². The van der Waals surface area contributed by atoms with Crippen LogP contribution in [0.15, 0.2) is 59.5 Å². The molecule has 0 atom stereocenters. The third-order valence-electron chi connectivity index (χ3n) is 3.46. The molecular formula is C18H15BrF3N5O3. The van der Waals surface area contributed by atoms with Crippen LogP contribution < -0.4 is 5.32 Å². The summed E-state index contributed by atoms with van der Waals surface area (Å²) in [5.74, 6) is -2.81. The Morgan fingerprint density at radius 1 is 1.10 bits per heavy atom. The van der Waals surface area contributed by atoms with Gasteiger partial charge in [0.15, 0.2) is 0 Å². The number of carbonyl (C=O) groups is 2. The van der Waals surface area contributed by atoms with Crippen molar-refractivity contribution in [1.29, 1.82) is 0 Å². The molecule has 0 unspecified atom stereocenters. The van der Waals surface area contributed by atoms with Crippen molar-refractivity contribution in [2.75, 3.05) is 0 Å².